The molecular weight excluding hydrogens is 164 g/mol. The zero-order valence-corrected chi connectivity index (χ0v) is 7.74. The van der Waals surface area contributed by atoms with Crippen LogP contribution in [-0.4, -0.2) is 11.6 Å². The predicted molar refractivity (Wildman–Crippen MR) is 52.7 cm³/mol. The van der Waals surface area contributed by atoms with Crippen LogP contribution in [0.15, 0.2) is 35.4 Å². The molecule has 3 heteroatoms. The van der Waals surface area contributed by atoms with Crippen molar-refractivity contribution in [1.82, 2.24) is 5.43 Å². The number of amides is 1. The molecule has 0 radical (unpaired) electrons. The highest BCUT2D eigenvalue weighted by atomic mass is 16.2. The van der Waals surface area contributed by atoms with Gasteiger partial charge in [-0.1, -0.05) is 18.2 Å². The van der Waals surface area contributed by atoms with Crippen molar-refractivity contribution in [2.45, 2.75) is 13.8 Å². The van der Waals surface area contributed by atoms with Crippen molar-refractivity contribution in [3.8, 4) is 0 Å². The summed E-state index contributed by atoms with van der Waals surface area (Å²) in [5.74, 6) is -0.179. The summed E-state index contributed by atoms with van der Waals surface area (Å²) in [7, 11) is 0. The summed E-state index contributed by atoms with van der Waals surface area (Å²) >= 11 is 0. The molecule has 1 amide bonds. The minimum absolute atomic E-state index is 0.179. The van der Waals surface area contributed by atoms with Crippen molar-refractivity contribution < 1.29 is 4.79 Å². The Labute approximate surface area is 77.5 Å². The predicted octanol–water partition coefficient (Wildman–Crippen LogP) is 1.81. The van der Waals surface area contributed by atoms with Gasteiger partial charge in [0.1, 0.15) is 0 Å². The lowest BCUT2D eigenvalue weighted by Crippen LogP contribution is -2.18. The van der Waals surface area contributed by atoms with Crippen LogP contribution >= 0.6 is 0 Å². The van der Waals surface area contributed by atoms with Gasteiger partial charge in [-0.15, -0.1) is 0 Å². The minimum Gasteiger partial charge on any atom is -0.267 e. The van der Waals surface area contributed by atoms with Gasteiger partial charge >= 0.3 is 0 Å². The third-order valence-electron chi connectivity index (χ3n) is 1.42. The molecule has 1 N–H and O–H groups in total. The number of carbonyl (C=O) groups excluding carboxylic acids is 1. The van der Waals surface area contributed by atoms with E-state index in [1.54, 1.807) is 12.1 Å². The Kier molecular flexibility index (Phi) is 3.20. The van der Waals surface area contributed by atoms with Gasteiger partial charge in [-0.25, -0.2) is 5.43 Å². The molecule has 3 nitrogen and oxygen atoms in total. The van der Waals surface area contributed by atoms with E-state index >= 15 is 0 Å². The molecule has 1 aromatic rings. The van der Waals surface area contributed by atoms with Crippen LogP contribution in [0.5, 0.6) is 0 Å². The topological polar surface area (TPSA) is 41.5 Å². The number of nitrogens with one attached hydrogen (secondary N) is 1. The van der Waals surface area contributed by atoms with Gasteiger partial charge < -0.3 is 0 Å². The second-order valence-electron chi connectivity index (χ2n) is 2.87. The molecule has 0 aliphatic rings. The maximum atomic E-state index is 11.3. The van der Waals surface area contributed by atoms with Gasteiger partial charge in [0.05, 0.1) is 0 Å². The average Bonchev–Trinajstić information content (AvgIpc) is 2.15. The zero-order chi connectivity index (χ0) is 9.68. The van der Waals surface area contributed by atoms with E-state index in [0.29, 0.717) is 5.56 Å². The molecule has 13 heavy (non-hydrogen) atoms. The molecule has 0 unspecified atom stereocenters. The zero-order valence-electron chi connectivity index (χ0n) is 7.74. The van der Waals surface area contributed by atoms with Crippen molar-refractivity contribution in [2.75, 3.05) is 0 Å². The van der Waals surface area contributed by atoms with Crippen molar-refractivity contribution in [1.29, 1.82) is 0 Å². The van der Waals surface area contributed by atoms with Crippen LogP contribution in [0.1, 0.15) is 24.2 Å². The smallest absolute Gasteiger partial charge is 0.267 e. The van der Waals surface area contributed by atoms with E-state index in [0.717, 1.165) is 5.71 Å². The van der Waals surface area contributed by atoms with Crippen molar-refractivity contribution in [3.05, 3.63) is 35.9 Å². The van der Waals surface area contributed by atoms with Crippen LogP contribution in [0.25, 0.3) is 0 Å². The molecule has 0 saturated heterocycles. The van der Waals surface area contributed by atoms with Gasteiger partial charge in [0.2, 0.25) is 0 Å². The van der Waals surface area contributed by atoms with Gasteiger partial charge in [-0.2, -0.15) is 5.10 Å². The maximum absolute atomic E-state index is 11.3. The Hall–Kier alpha value is -1.64. The van der Waals surface area contributed by atoms with Crippen molar-refractivity contribution in [3.63, 3.8) is 0 Å². The van der Waals surface area contributed by atoms with Crippen LogP contribution in [0, 0.1) is 0 Å². The fraction of sp³-hybridized carbons (Fsp3) is 0.200. The molecule has 0 atom stereocenters. The van der Waals surface area contributed by atoms with Gasteiger partial charge in [0.15, 0.2) is 0 Å². The van der Waals surface area contributed by atoms with E-state index in [-0.39, 0.29) is 5.91 Å². The summed E-state index contributed by atoms with van der Waals surface area (Å²) in [5.41, 5.74) is 3.89. The second-order valence-corrected chi connectivity index (χ2v) is 2.87. The quantitative estimate of drug-likeness (QED) is 0.542. The van der Waals surface area contributed by atoms with Crippen LogP contribution in [0.4, 0.5) is 0 Å². The molecule has 0 heterocycles. The molecule has 0 bridgehead atoms. The van der Waals surface area contributed by atoms with E-state index in [1.807, 2.05) is 32.0 Å². The third-order valence-corrected chi connectivity index (χ3v) is 1.42. The Morgan fingerprint density at radius 3 is 2.38 bits per heavy atom. The monoisotopic (exact) mass is 176 g/mol. The molecule has 1 rings (SSSR count). The molecule has 1 aromatic carbocycles. The maximum Gasteiger partial charge on any atom is 0.271 e. The molecule has 68 valence electrons. The largest absolute Gasteiger partial charge is 0.271 e. The fourth-order valence-corrected chi connectivity index (χ4v) is 0.817. The Morgan fingerprint density at radius 1 is 1.23 bits per heavy atom. The van der Waals surface area contributed by atoms with Crippen LogP contribution in [0.2, 0.25) is 0 Å². The molecular formula is C10H12N2O. The number of rotatable bonds is 2. The average molecular weight is 176 g/mol. The first kappa shape index (κ1) is 9.45. The Morgan fingerprint density at radius 2 is 1.85 bits per heavy atom. The second kappa shape index (κ2) is 4.40. The summed E-state index contributed by atoms with van der Waals surface area (Å²) in [6, 6.07) is 8.99. The number of benzene rings is 1. The highest BCUT2D eigenvalue weighted by Crippen LogP contribution is 1.97. The molecule has 0 spiro atoms. The van der Waals surface area contributed by atoms with Crippen LogP contribution < -0.4 is 5.43 Å². The highest BCUT2D eigenvalue weighted by molar-refractivity contribution is 5.94. The third kappa shape index (κ3) is 3.07. The van der Waals surface area contributed by atoms with Gasteiger partial charge in [0, 0.05) is 11.3 Å². The molecule has 0 aliphatic carbocycles. The van der Waals surface area contributed by atoms with Gasteiger partial charge in [-0.05, 0) is 26.0 Å². The van der Waals surface area contributed by atoms with Crippen molar-refractivity contribution >= 4 is 11.6 Å². The molecule has 0 aromatic heterocycles. The van der Waals surface area contributed by atoms with E-state index < -0.39 is 0 Å². The SMILES string of the molecule is CC(C)=NNC(=O)c1ccccc1. The lowest BCUT2D eigenvalue weighted by atomic mass is 10.2. The first-order valence-electron chi connectivity index (χ1n) is 4.06. The number of nitrogens with zero attached hydrogens (tertiary/aromatic N) is 1. The fourth-order valence-electron chi connectivity index (χ4n) is 0.817. The summed E-state index contributed by atoms with van der Waals surface area (Å²) in [4.78, 5) is 11.3. The number of hydrogen-bond donors (Lipinski definition) is 1. The van der Waals surface area contributed by atoms with E-state index in [1.165, 1.54) is 0 Å². The first-order valence-corrected chi connectivity index (χ1v) is 4.06. The first-order chi connectivity index (χ1) is 6.20. The highest BCUT2D eigenvalue weighted by Gasteiger charge is 2.01. The number of hydrazone groups is 1. The van der Waals surface area contributed by atoms with E-state index in [9.17, 15) is 4.79 Å². The molecule has 0 saturated carbocycles. The van der Waals surface area contributed by atoms with Gasteiger partial charge in [-0.3, -0.25) is 4.79 Å². The summed E-state index contributed by atoms with van der Waals surface area (Å²) in [6.07, 6.45) is 0. The summed E-state index contributed by atoms with van der Waals surface area (Å²) in [5, 5.41) is 3.82. The van der Waals surface area contributed by atoms with Crippen LogP contribution in [0.3, 0.4) is 0 Å². The standard InChI is InChI=1S/C10H12N2O/c1-8(2)11-12-10(13)9-6-4-3-5-7-9/h3-7H,1-2H3,(H,12,13). The number of carbonyl (C=O) groups is 1. The summed E-state index contributed by atoms with van der Waals surface area (Å²) in [6.45, 7) is 3.65. The van der Waals surface area contributed by atoms with E-state index in [2.05, 4.69) is 10.5 Å². The molecule has 0 aliphatic heterocycles. The normalized spacial score (nSPS) is 9.08. The van der Waals surface area contributed by atoms with Crippen LogP contribution in [-0.2, 0) is 0 Å². The minimum atomic E-state index is -0.179. The van der Waals surface area contributed by atoms with Gasteiger partial charge in [0.25, 0.3) is 5.91 Å². The Bertz CT molecular complexity index is 313. The number of hydrogen-bond acceptors (Lipinski definition) is 2. The lowest BCUT2D eigenvalue weighted by molar-refractivity contribution is 0.0955. The van der Waals surface area contributed by atoms with Crippen molar-refractivity contribution in [2.24, 2.45) is 5.10 Å². The summed E-state index contributed by atoms with van der Waals surface area (Å²) < 4.78 is 0. The Balaban J connectivity index is 2.65. The molecule has 0 fully saturated rings. The lowest BCUT2D eigenvalue weighted by Gasteiger charge is -1.98. The van der Waals surface area contributed by atoms with E-state index in [4.69, 9.17) is 0 Å².